The number of anilines is 3. The van der Waals surface area contributed by atoms with E-state index in [1.807, 2.05) is 0 Å². The van der Waals surface area contributed by atoms with Crippen molar-refractivity contribution < 1.29 is 70.1 Å². The number of hydrogen-bond acceptors (Lipinski definition) is 23. The Balaban J connectivity index is 0.000000142. The number of halogens is 7. The molecule has 0 spiro atoms. The zero-order valence-electron chi connectivity index (χ0n) is 51.5. The molecule has 0 unspecified atom stereocenters. The maximum Gasteiger partial charge on any atom is 0.339 e. The van der Waals surface area contributed by atoms with Crippen molar-refractivity contribution in [3.05, 3.63) is 216 Å². The first-order chi connectivity index (χ1) is 47.7. The fourth-order valence-electron chi connectivity index (χ4n) is 9.37. The second-order valence-corrected chi connectivity index (χ2v) is 27.2. The number of nitrogens with one attached hydrogen (secondary N) is 2. The maximum absolute atomic E-state index is 14.5. The van der Waals surface area contributed by atoms with Crippen LogP contribution in [0, 0.1) is 55.7 Å². The molecular weight excluding hydrogens is 1460 g/mol. The van der Waals surface area contributed by atoms with Gasteiger partial charge in [0, 0.05) is 66.2 Å². The number of carbonyl (C=O) groups excluding carboxylic acids is 5. The minimum Gasteiger partial charge on any atom is -0.478 e. The number of aryl methyl sites for hydroxylation is 3. The van der Waals surface area contributed by atoms with Gasteiger partial charge in [0.15, 0.2) is 46.5 Å². The summed E-state index contributed by atoms with van der Waals surface area (Å²) in [4.78, 5) is 82.1. The molecule has 0 aliphatic heterocycles. The Morgan fingerprint density at radius 3 is 1.08 bits per heavy atom. The predicted molar refractivity (Wildman–Crippen MR) is 377 cm³/mol. The molecule has 0 saturated carbocycles. The van der Waals surface area contributed by atoms with Crippen LogP contribution in [-0.4, -0.2) is 89.1 Å². The molecule has 6 N–H and O–H groups in total. The number of rotatable bonds is 12. The highest BCUT2D eigenvalue weighted by Gasteiger charge is 2.27. The van der Waals surface area contributed by atoms with Crippen LogP contribution in [0.25, 0.3) is 74.2 Å². The molecular formula is C66H42ClF6N11O9S7. The first-order valence-corrected chi connectivity index (χ1v) is 34.5. The van der Waals surface area contributed by atoms with E-state index in [-0.39, 0.29) is 93.9 Å². The van der Waals surface area contributed by atoms with Gasteiger partial charge in [0.1, 0.15) is 37.6 Å². The minimum atomic E-state index is -1.36. The van der Waals surface area contributed by atoms with Crippen LogP contribution in [0.15, 0.2) is 125 Å². The second kappa shape index (κ2) is 31.1. The SMILES string of the molecule is CC(=O)c1c(-c2ccc(C)c(F)c2F)csc1N.CC(=O)c1c(-c2ccc(C)c(F)c2F)csc1NC(=O)c1ccc2snnc2c1.Cc1ccc(-c2csc(NC(=O)c3ccc4snnc4c3)c2C(=O)O)c(F)c1F.O=C(Cl)c1ccc2snnc2c1.O=C(O)c1ccc2snnc2c1. The summed E-state index contributed by atoms with van der Waals surface area (Å²) in [5, 5.41) is 43.6. The molecule has 100 heavy (non-hydrogen) atoms. The van der Waals surface area contributed by atoms with Crippen LogP contribution in [0.5, 0.6) is 0 Å². The minimum absolute atomic E-state index is 0.00615. The van der Waals surface area contributed by atoms with E-state index in [0.717, 1.165) is 52.8 Å². The fourth-order valence-corrected chi connectivity index (χ4v) is 14.5. The number of nitrogens with two attached hydrogens (primary N) is 1. The molecule has 34 heteroatoms. The lowest BCUT2D eigenvalue weighted by Crippen LogP contribution is -2.13. The molecule has 20 nitrogen and oxygen atoms in total. The number of aromatic carboxylic acids is 2. The maximum atomic E-state index is 14.5. The van der Waals surface area contributed by atoms with E-state index in [2.05, 4.69) is 49.0 Å². The van der Waals surface area contributed by atoms with Gasteiger partial charge in [-0.3, -0.25) is 24.0 Å². The van der Waals surface area contributed by atoms with E-state index in [9.17, 15) is 65.0 Å². The zero-order valence-corrected chi connectivity index (χ0v) is 58.0. The van der Waals surface area contributed by atoms with Gasteiger partial charge >= 0.3 is 11.9 Å². The first kappa shape index (κ1) is 72.2. The predicted octanol–water partition coefficient (Wildman–Crippen LogP) is 17.7. The van der Waals surface area contributed by atoms with Crippen molar-refractivity contribution in [3.8, 4) is 33.4 Å². The molecule has 0 bridgehead atoms. The lowest BCUT2D eigenvalue weighted by molar-refractivity contribution is 0.0687. The molecule has 0 aliphatic carbocycles. The van der Waals surface area contributed by atoms with Crippen LogP contribution in [0.2, 0.25) is 0 Å². The van der Waals surface area contributed by atoms with Gasteiger partial charge in [-0.1, -0.05) is 54.4 Å². The first-order valence-electron chi connectivity index (χ1n) is 28.3. The summed E-state index contributed by atoms with van der Waals surface area (Å²) in [5.41, 5.74) is 10.5. The number of nitrogen functional groups attached to an aromatic ring is 1. The zero-order chi connectivity index (χ0) is 72.0. The number of benzene rings is 7. The van der Waals surface area contributed by atoms with Gasteiger partial charge in [0.05, 0.1) is 40.5 Å². The molecule has 7 heterocycles. The average molecular weight is 1510 g/mol. The largest absolute Gasteiger partial charge is 0.478 e. The normalized spacial score (nSPS) is 10.8. The summed E-state index contributed by atoms with van der Waals surface area (Å²) >= 11 is 13.4. The summed E-state index contributed by atoms with van der Waals surface area (Å²) in [5.74, 6) is -9.92. The van der Waals surface area contributed by atoms with Crippen LogP contribution < -0.4 is 16.4 Å². The highest BCUT2D eigenvalue weighted by Crippen LogP contribution is 2.41. The van der Waals surface area contributed by atoms with E-state index >= 15 is 0 Å². The fraction of sp³-hybridized carbons (Fsp3) is 0.0758. The lowest BCUT2D eigenvalue weighted by atomic mass is 9.99. The number of carbonyl (C=O) groups is 7. The Kier molecular flexibility index (Phi) is 22.5. The molecule has 2 amide bonds. The number of thiophene rings is 3. The van der Waals surface area contributed by atoms with Gasteiger partial charge in [-0.25, -0.2) is 35.9 Å². The number of amides is 2. The van der Waals surface area contributed by atoms with E-state index in [0.29, 0.717) is 43.8 Å². The Morgan fingerprint density at radius 2 is 0.720 bits per heavy atom. The van der Waals surface area contributed by atoms with Crippen LogP contribution in [-0.2, 0) is 0 Å². The van der Waals surface area contributed by atoms with Gasteiger partial charge in [0.25, 0.3) is 17.1 Å². The molecule has 506 valence electrons. The molecule has 0 aliphatic rings. The number of fused-ring (bicyclic) bond motifs is 4. The van der Waals surface area contributed by atoms with Crippen molar-refractivity contribution in [1.29, 1.82) is 0 Å². The summed E-state index contributed by atoms with van der Waals surface area (Å²) in [7, 11) is 0. The monoisotopic (exact) mass is 1510 g/mol. The number of aromatic nitrogens is 8. The van der Waals surface area contributed by atoms with Crippen LogP contribution in [0.4, 0.5) is 41.3 Å². The van der Waals surface area contributed by atoms with Crippen molar-refractivity contribution in [3.63, 3.8) is 0 Å². The average Bonchev–Trinajstić information content (AvgIpc) is 1.61. The summed E-state index contributed by atoms with van der Waals surface area (Å²) in [6.07, 6.45) is 0. The summed E-state index contributed by atoms with van der Waals surface area (Å²) in [6, 6.07) is 28.1. The highest BCUT2D eigenvalue weighted by molar-refractivity contribution is 7.16. The molecule has 7 aromatic carbocycles. The Hall–Kier alpha value is -10.5. The molecule has 0 radical (unpaired) electrons. The highest BCUT2D eigenvalue weighted by atomic mass is 35.5. The van der Waals surface area contributed by atoms with Crippen molar-refractivity contribution in [1.82, 2.24) is 38.3 Å². The van der Waals surface area contributed by atoms with E-state index in [1.54, 1.807) is 66.0 Å². The molecule has 14 aromatic rings. The second-order valence-electron chi connectivity index (χ2n) is 21.0. The van der Waals surface area contributed by atoms with Crippen molar-refractivity contribution in [2.75, 3.05) is 16.4 Å². The lowest BCUT2D eigenvalue weighted by Gasteiger charge is -2.09. The van der Waals surface area contributed by atoms with E-state index in [4.69, 9.17) is 22.4 Å². The Labute approximate surface area is 592 Å². The summed E-state index contributed by atoms with van der Waals surface area (Å²) in [6.45, 7) is 7.02. The van der Waals surface area contributed by atoms with E-state index in [1.165, 1.54) is 140 Å². The molecule has 0 atom stereocenters. The third-order valence-electron chi connectivity index (χ3n) is 14.5. The smallest absolute Gasteiger partial charge is 0.339 e. The van der Waals surface area contributed by atoms with Crippen molar-refractivity contribution in [2.45, 2.75) is 34.6 Å². The number of hydrogen-bond donors (Lipinski definition) is 5. The van der Waals surface area contributed by atoms with Crippen LogP contribution in [0.1, 0.15) is 103 Å². The number of Topliss-reactive ketones (excluding diaryl/α,β-unsaturated/α-hetero) is 2. The van der Waals surface area contributed by atoms with Gasteiger partial charge < -0.3 is 26.6 Å². The van der Waals surface area contributed by atoms with Gasteiger partial charge in [-0.2, -0.15) is 0 Å². The molecule has 14 rings (SSSR count). The topological polar surface area (TPSA) is 313 Å². The Morgan fingerprint density at radius 1 is 0.400 bits per heavy atom. The molecule has 0 saturated heterocycles. The molecule has 0 fully saturated rings. The summed E-state index contributed by atoms with van der Waals surface area (Å²) < 4.78 is 103. The van der Waals surface area contributed by atoms with Gasteiger partial charge in [-0.05, 0) is 182 Å². The van der Waals surface area contributed by atoms with Gasteiger partial charge in [-0.15, -0.1) is 54.4 Å². The van der Waals surface area contributed by atoms with E-state index < -0.39 is 63.9 Å². The number of carboxylic acids is 2. The standard InChI is InChI=1S/C20H13F2N3O2S2.C19H11F2N3O3S2.C13H11F2NOS.C7H3ClN2OS.C7H4N2O2S/c1-9-3-5-12(18(22)17(9)21)13-8-28-20(16(13)10(2)26)23-19(27)11-4-6-15-14(7-11)24-25-29-15;1-8-2-4-10(16(21)15(8)20)11-7-28-18(14(11)19(26)27)22-17(25)9-3-5-13-12(6-9)23-24-29-13;1-6-3-4-8(12(15)11(6)14)9-5-18-13(16)10(9)7(2)17;8-7(11)4-1-2-6-5(3-4)9-10-12-6;10-7(11)4-1-2-6-5(3-4)8-9-12-6/h3-8H,1-2H3,(H,23,27);2-7H,1H3,(H,22,25)(H,26,27);3-5H,16H2,1-2H3;1-3H;1-3H,(H,10,11). The van der Waals surface area contributed by atoms with Crippen molar-refractivity contribution in [2.24, 2.45) is 0 Å². The van der Waals surface area contributed by atoms with Gasteiger partial charge in [0.2, 0.25) is 0 Å². The third kappa shape index (κ3) is 15.8. The Bertz CT molecular complexity index is 5300. The van der Waals surface area contributed by atoms with Crippen LogP contribution in [0.3, 0.4) is 0 Å². The quantitative estimate of drug-likeness (QED) is 0.0431. The number of nitrogens with zero attached hydrogens (tertiary/aromatic N) is 8. The van der Waals surface area contributed by atoms with Crippen molar-refractivity contribution >= 4 is 188 Å². The number of ketones is 2. The van der Waals surface area contributed by atoms with Crippen LogP contribution >= 0.6 is 91.7 Å². The third-order valence-corrected chi connectivity index (χ3v) is 20.1. The number of carboxylic acid groups (broad SMARTS) is 2. The molecule has 7 aromatic heterocycles.